The fourth-order valence-corrected chi connectivity index (χ4v) is 7.79. The van der Waals surface area contributed by atoms with Gasteiger partial charge in [-0.15, -0.1) is 0 Å². The molecule has 0 radical (unpaired) electrons. The van der Waals surface area contributed by atoms with Crippen molar-refractivity contribution in [2.24, 2.45) is 17.8 Å². The molecule has 8 nitrogen and oxygen atoms in total. The predicted molar refractivity (Wildman–Crippen MR) is 139 cm³/mol. The number of nitrogens with one attached hydrogen (secondary N) is 1. The molecule has 5 fully saturated rings. The molecule has 4 bridgehead atoms. The number of amides is 2. The molecule has 2 N–H and O–H groups in total. The molecule has 5 atom stereocenters. The number of fused-ring (bicyclic) bond motifs is 1. The summed E-state index contributed by atoms with van der Waals surface area (Å²) in [5.74, 6) is 2.33. The Bertz CT molecular complexity index is 1120. The predicted octanol–water partition coefficient (Wildman–Crippen LogP) is 3.53. The van der Waals surface area contributed by atoms with Crippen LogP contribution in [0, 0.1) is 17.8 Å². The molecule has 2 aromatic rings. The van der Waals surface area contributed by atoms with E-state index in [1.165, 1.54) is 0 Å². The third-order valence-corrected chi connectivity index (χ3v) is 9.17. The van der Waals surface area contributed by atoms with Gasteiger partial charge in [0.25, 0.3) is 0 Å². The number of anilines is 4. The van der Waals surface area contributed by atoms with Gasteiger partial charge in [-0.1, -0.05) is 12.1 Å². The first-order chi connectivity index (χ1) is 17.6. The summed E-state index contributed by atoms with van der Waals surface area (Å²) >= 11 is 0. The van der Waals surface area contributed by atoms with E-state index >= 15 is 0 Å². The van der Waals surface area contributed by atoms with Gasteiger partial charge in [0.15, 0.2) is 0 Å². The number of carbonyl (C=O) groups excluding carboxylic acids is 1. The number of morpholine rings is 1. The van der Waals surface area contributed by atoms with Crippen molar-refractivity contribution in [1.82, 2.24) is 10.3 Å². The van der Waals surface area contributed by atoms with Crippen LogP contribution in [0.2, 0.25) is 0 Å². The van der Waals surface area contributed by atoms with E-state index in [1.807, 2.05) is 29.3 Å². The van der Waals surface area contributed by atoms with Crippen LogP contribution >= 0.6 is 0 Å². The van der Waals surface area contributed by atoms with Gasteiger partial charge in [0.1, 0.15) is 5.82 Å². The van der Waals surface area contributed by atoms with E-state index < -0.39 is 5.60 Å². The zero-order valence-electron chi connectivity index (χ0n) is 20.7. The Kier molecular flexibility index (Phi) is 5.36. The highest BCUT2D eigenvalue weighted by molar-refractivity contribution is 5.98. The number of rotatable bonds is 3. The number of carbonyl (C=O) groups is 1. The average Bonchev–Trinajstić information content (AvgIpc) is 2.90. The molecule has 0 spiro atoms. The van der Waals surface area contributed by atoms with Gasteiger partial charge >= 0.3 is 6.03 Å². The van der Waals surface area contributed by atoms with Gasteiger partial charge in [0.05, 0.1) is 42.1 Å². The van der Waals surface area contributed by atoms with Crippen molar-refractivity contribution in [3.8, 4) is 0 Å². The summed E-state index contributed by atoms with van der Waals surface area (Å²) in [6.07, 6.45) is 6.85. The van der Waals surface area contributed by atoms with E-state index in [9.17, 15) is 9.90 Å². The molecule has 8 heteroatoms. The van der Waals surface area contributed by atoms with Crippen LogP contribution in [-0.2, 0) is 4.74 Å². The van der Waals surface area contributed by atoms with Crippen molar-refractivity contribution in [1.29, 1.82) is 0 Å². The zero-order valence-corrected chi connectivity index (χ0v) is 20.7. The lowest BCUT2D eigenvalue weighted by Gasteiger charge is -2.58. The highest BCUT2D eigenvalue weighted by Crippen LogP contribution is 2.55. The molecule has 190 valence electrons. The first-order valence-electron chi connectivity index (χ1n) is 13.5. The van der Waals surface area contributed by atoms with Crippen LogP contribution < -0.4 is 20.0 Å². The van der Waals surface area contributed by atoms with Gasteiger partial charge in [-0.2, -0.15) is 0 Å². The Hall–Kier alpha value is -2.84. The SMILES string of the molecule is O=C(NC1[C@@H]2CC3C[C@H]1CC(O)(C3)C2)N1CCN(c2ccc(N3CCOCC3)cn2)c2ccccc21. The number of benzene rings is 1. The van der Waals surface area contributed by atoms with Crippen molar-refractivity contribution in [2.75, 3.05) is 54.1 Å². The van der Waals surface area contributed by atoms with Gasteiger partial charge in [0, 0.05) is 32.2 Å². The summed E-state index contributed by atoms with van der Waals surface area (Å²) in [4.78, 5) is 24.8. The van der Waals surface area contributed by atoms with Crippen LogP contribution in [0.25, 0.3) is 0 Å². The Morgan fingerprint density at radius 1 is 0.972 bits per heavy atom. The normalized spacial score (nSPS) is 33.0. The van der Waals surface area contributed by atoms with Crippen LogP contribution in [0.1, 0.15) is 32.1 Å². The van der Waals surface area contributed by atoms with Gasteiger partial charge < -0.3 is 25.0 Å². The van der Waals surface area contributed by atoms with Crippen molar-refractivity contribution < 1.29 is 14.6 Å². The van der Waals surface area contributed by atoms with Crippen molar-refractivity contribution in [3.63, 3.8) is 0 Å². The molecule has 3 heterocycles. The minimum Gasteiger partial charge on any atom is -0.390 e. The number of urea groups is 1. The summed E-state index contributed by atoms with van der Waals surface area (Å²) < 4.78 is 5.47. The largest absolute Gasteiger partial charge is 0.390 e. The molecule has 4 aliphatic carbocycles. The molecule has 6 aliphatic rings. The Balaban J connectivity index is 1.09. The molecule has 3 unspecified atom stereocenters. The van der Waals surface area contributed by atoms with Gasteiger partial charge in [-0.05, 0) is 74.1 Å². The van der Waals surface area contributed by atoms with Crippen LogP contribution in [-0.4, -0.2) is 67.2 Å². The van der Waals surface area contributed by atoms with Gasteiger partial charge in [-0.25, -0.2) is 9.78 Å². The molecule has 36 heavy (non-hydrogen) atoms. The maximum absolute atomic E-state index is 13.6. The molecule has 1 aromatic heterocycles. The second kappa shape index (κ2) is 8.63. The summed E-state index contributed by atoms with van der Waals surface area (Å²) in [6, 6.07) is 12.5. The molecular weight excluding hydrogens is 454 g/mol. The number of nitrogens with zero attached hydrogens (tertiary/aromatic N) is 4. The van der Waals surface area contributed by atoms with E-state index in [4.69, 9.17) is 9.72 Å². The third-order valence-electron chi connectivity index (χ3n) is 9.17. The highest BCUT2D eigenvalue weighted by Gasteiger charge is 2.55. The maximum atomic E-state index is 13.6. The fourth-order valence-electron chi connectivity index (χ4n) is 7.79. The lowest BCUT2D eigenvalue weighted by Crippen LogP contribution is -2.63. The molecule has 4 saturated carbocycles. The van der Waals surface area contributed by atoms with Crippen LogP contribution in [0.3, 0.4) is 0 Å². The van der Waals surface area contributed by atoms with Crippen molar-refractivity contribution >= 4 is 28.9 Å². The first kappa shape index (κ1) is 22.4. The minimum absolute atomic E-state index is 0.0119. The first-order valence-corrected chi connectivity index (χ1v) is 13.5. The van der Waals surface area contributed by atoms with E-state index in [0.717, 1.165) is 81.3 Å². The Morgan fingerprint density at radius 2 is 1.72 bits per heavy atom. The summed E-state index contributed by atoms with van der Waals surface area (Å²) in [6.45, 7) is 4.57. The van der Waals surface area contributed by atoms with Crippen LogP contribution in [0.4, 0.5) is 27.7 Å². The quantitative estimate of drug-likeness (QED) is 0.687. The fraction of sp³-hybridized carbons (Fsp3) is 0.571. The van der Waals surface area contributed by atoms with Crippen molar-refractivity contribution in [3.05, 3.63) is 42.6 Å². The van der Waals surface area contributed by atoms with Crippen LogP contribution in [0.5, 0.6) is 0 Å². The smallest absolute Gasteiger partial charge is 0.322 e. The van der Waals surface area contributed by atoms with E-state index in [2.05, 4.69) is 33.3 Å². The molecule has 8 rings (SSSR count). The Morgan fingerprint density at radius 3 is 2.42 bits per heavy atom. The standard InChI is InChI=1S/C28H35N5O3/c34-27(30-26-20-13-19-14-21(26)17-28(35,15-19)16-20)33-8-7-32(23-3-1-2-4-24(23)33)25-6-5-22(18-29-25)31-9-11-36-12-10-31/h1-6,18-21,26,35H,7-17H2,(H,30,34)/t19?,20-,21+,26?,28?. The highest BCUT2D eigenvalue weighted by atomic mass is 16.5. The number of para-hydroxylation sites is 2. The second-order valence-corrected chi connectivity index (χ2v) is 11.4. The summed E-state index contributed by atoms with van der Waals surface area (Å²) in [5, 5.41) is 14.3. The number of ether oxygens (including phenoxy) is 1. The zero-order chi connectivity index (χ0) is 24.3. The van der Waals surface area contributed by atoms with Crippen molar-refractivity contribution in [2.45, 2.75) is 43.7 Å². The minimum atomic E-state index is -0.486. The molecule has 1 saturated heterocycles. The van der Waals surface area contributed by atoms with Gasteiger partial charge in [0.2, 0.25) is 0 Å². The number of hydrogen-bond acceptors (Lipinski definition) is 6. The summed E-state index contributed by atoms with van der Waals surface area (Å²) in [7, 11) is 0. The third kappa shape index (κ3) is 3.82. The molecule has 1 aromatic carbocycles. The molecule has 2 aliphatic heterocycles. The van der Waals surface area contributed by atoms with E-state index in [-0.39, 0.29) is 12.1 Å². The van der Waals surface area contributed by atoms with E-state index in [0.29, 0.717) is 30.8 Å². The lowest BCUT2D eigenvalue weighted by molar-refractivity contribution is -0.136. The average molecular weight is 490 g/mol. The maximum Gasteiger partial charge on any atom is 0.322 e. The number of aliphatic hydroxyl groups is 1. The monoisotopic (exact) mass is 489 g/mol. The van der Waals surface area contributed by atoms with Crippen LogP contribution in [0.15, 0.2) is 42.6 Å². The van der Waals surface area contributed by atoms with Gasteiger partial charge in [-0.3, -0.25) is 4.90 Å². The molecular formula is C28H35N5O3. The number of hydrogen-bond donors (Lipinski definition) is 2. The lowest BCUT2D eigenvalue weighted by atomic mass is 9.52. The Labute approximate surface area is 212 Å². The van der Waals surface area contributed by atoms with E-state index in [1.54, 1.807) is 0 Å². The topological polar surface area (TPSA) is 81.2 Å². The molecule has 2 amide bonds. The summed E-state index contributed by atoms with van der Waals surface area (Å²) in [5.41, 5.74) is 2.56. The number of aromatic nitrogens is 1. The number of pyridine rings is 1. The second-order valence-electron chi connectivity index (χ2n) is 11.4.